The highest BCUT2D eigenvalue weighted by Gasteiger charge is 2.15. The van der Waals surface area contributed by atoms with Crippen LogP contribution in [0.25, 0.3) is 0 Å². The maximum Gasteiger partial charge on any atom is 0.0991 e. The highest BCUT2D eigenvalue weighted by Crippen LogP contribution is 2.17. The fourth-order valence-electron chi connectivity index (χ4n) is 2.39. The first kappa shape index (κ1) is 18.2. The topological polar surface area (TPSA) is 56.5 Å². The summed E-state index contributed by atoms with van der Waals surface area (Å²) in [6, 6.07) is 9.28. The second-order valence-electron chi connectivity index (χ2n) is 5.23. The van der Waals surface area contributed by atoms with Crippen molar-refractivity contribution in [2.45, 2.75) is 32.3 Å². The van der Waals surface area contributed by atoms with Crippen molar-refractivity contribution >= 4 is 0 Å². The predicted molar refractivity (Wildman–Crippen MR) is 88.2 cm³/mol. The molecule has 0 spiro atoms. The van der Waals surface area contributed by atoms with E-state index >= 15 is 0 Å². The Labute approximate surface area is 133 Å². The fourth-order valence-corrected chi connectivity index (χ4v) is 2.39. The SMILES string of the molecule is C=COCC.N#Cc1ccc(C(O)CN2CCCCC2)cc1. The third-order valence-corrected chi connectivity index (χ3v) is 3.59. The number of benzene rings is 1. The van der Waals surface area contributed by atoms with Gasteiger partial charge in [0, 0.05) is 6.54 Å². The third kappa shape index (κ3) is 6.75. The number of aliphatic hydroxyl groups is 1. The number of likely N-dealkylation sites (tertiary alicyclic amines) is 1. The molecular weight excluding hydrogens is 276 g/mol. The van der Waals surface area contributed by atoms with E-state index in [0.717, 1.165) is 25.3 Å². The Morgan fingerprint density at radius 3 is 2.41 bits per heavy atom. The number of hydrogen-bond acceptors (Lipinski definition) is 4. The fraction of sp³-hybridized carbons (Fsp3) is 0.500. The molecule has 0 bridgehead atoms. The molecule has 1 aliphatic rings. The molecule has 0 saturated carbocycles. The maximum atomic E-state index is 10.1. The Balaban J connectivity index is 0.000000422. The van der Waals surface area contributed by atoms with Gasteiger partial charge in [-0.3, -0.25) is 0 Å². The van der Waals surface area contributed by atoms with E-state index in [0.29, 0.717) is 12.1 Å². The smallest absolute Gasteiger partial charge is 0.0991 e. The van der Waals surface area contributed by atoms with Crippen molar-refractivity contribution < 1.29 is 9.84 Å². The Hall–Kier alpha value is -1.83. The number of ether oxygens (including phenoxy) is 1. The lowest BCUT2D eigenvalue weighted by Crippen LogP contribution is -2.33. The molecule has 2 rings (SSSR count). The molecular formula is C18H26N2O2. The molecule has 0 radical (unpaired) electrons. The molecule has 1 heterocycles. The number of piperidine rings is 1. The van der Waals surface area contributed by atoms with Gasteiger partial charge in [0.2, 0.25) is 0 Å². The normalized spacial score (nSPS) is 15.9. The molecule has 22 heavy (non-hydrogen) atoms. The molecule has 1 fully saturated rings. The van der Waals surface area contributed by atoms with Crippen LogP contribution >= 0.6 is 0 Å². The second kappa shape index (κ2) is 10.8. The molecule has 1 N–H and O–H groups in total. The number of nitriles is 1. The highest BCUT2D eigenvalue weighted by molar-refractivity contribution is 5.32. The third-order valence-electron chi connectivity index (χ3n) is 3.59. The summed E-state index contributed by atoms with van der Waals surface area (Å²) in [6.07, 6.45) is 4.77. The van der Waals surface area contributed by atoms with E-state index in [1.165, 1.54) is 25.5 Å². The largest absolute Gasteiger partial charge is 0.502 e. The van der Waals surface area contributed by atoms with E-state index in [9.17, 15) is 5.11 Å². The Morgan fingerprint density at radius 2 is 1.95 bits per heavy atom. The molecule has 0 aliphatic carbocycles. The van der Waals surface area contributed by atoms with E-state index in [4.69, 9.17) is 5.26 Å². The van der Waals surface area contributed by atoms with Crippen LogP contribution in [0.5, 0.6) is 0 Å². The van der Waals surface area contributed by atoms with E-state index in [1.54, 1.807) is 12.1 Å². The number of nitrogens with zero attached hydrogens (tertiary/aromatic N) is 2. The first-order chi connectivity index (χ1) is 10.7. The van der Waals surface area contributed by atoms with E-state index in [2.05, 4.69) is 22.3 Å². The van der Waals surface area contributed by atoms with Crippen molar-refractivity contribution in [3.05, 3.63) is 48.2 Å². The summed E-state index contributed by atoms with van der Waals surface area (Å²) in [7, 11) is 0. The maximum absolute atomic E-state index is 10.1. The Bertz CT molecular complexity index is 459. The average molecular weight is 302 g/mol. The summed E-state index contributed by atoms with van der Waals surface area (Å²) in [6.45, 7) is 8.85. The van der Waals surface area contributed by atoms with Crippen LogP contribution in [0, 0.1) is 11.3 Å². The van der Waals surface area contributed by atoms with Crippen molar-refractivity contribution in [2.24, 2.45) is 0 Å². The van der Waals surface area contributed by atoms with Gasteiger partial charge in [-0.25, -0.2) is 0 Å². The summed E-state index contributed by atoms with van der Waals surface area (Å²) in [5, 5.41) is 18.8. The zero-order valence-corrected chi connectivity index (χ0v) is 13.4. The second-order valence-corrected chi connectivity index (χ2v) is 5.23. The molecule has 1 aromatic rings. The molecule has 1 aromatic carbocycles. The number of rotatable bonds is 5. The van der Waals surface area contributed by atoms with Gasteiger partial charge in [0.15, 0.2) is 0 Å². The van der Waals surface area contributed by atoms with Crippen LogP contribution in [-0.2, 0) is 4.74 Å². The van der Waals surface area contributed by atoms with Crippen LogP contribution in [0.15, 0.2) is 37.1 Å². The van der Waals surface area contributed by atoms with Crippen LogP contribution in [0.1, 0.15) is 43.4 Å². The summed E-state index contributed by atoms with van der Waals surface area (Å²) in [4.78, 5) is 2.31. The Kier molecular flexibility index (Phi) is 8.97. The average Bonchev–Trinajstić information content (AvgIpc) is 2.57. The van der Waals surface area contributed by atoms with E-state index in [-0.39, 0.29) is 0 Å². The lowest BCUT2D eigenvalue weighted by Gasteiger charge is -2.28. The molecule has 1 aliphatic heterocycles. The van der Waals surface area contributed by atoms with Crippen molar-refractivity contribution in [3.8, 4) is 6.07 Å². The number of β-amino-alcohol motifs (C(OH)–C–C–N with tert-alkyl or cyclic N) is 1. The first-order valence-corrected chi connectivity index (χ1v) is 7.84. The summed E-state index contributed by atoms with van der Waals surface area (Å²) in [5.74, 6) is 0. The molecule has 1 atom stereocenters. The zero-order valence-electron chi connectivity index (χ0n) is 13.4. The zero-order chi connectivity index (χ0) is 16.2. The van der Waals surface area contributed by atoms with Crippen LogP contribution in [0.2, 0.25) is 0 Å². The van der Waals surface area contributed by atoms with Crippen LogP contribution in [0.3, 0.4) is 0 Å². The standard InChI is InChI=1S/C14H18N2O.C4H8O/c15-10-12-4-6-13(7-5-12)14(17)11-16-8-2-1-3-9-16;1-3-5-4-2/h4-7,14,17H,1-3,8-9,11H2;3H,1,4H2,2H3. The number of hydrogen-bond donors (Lipinski definition) is 1. The van der Waals surface area contributed by atoms with Gasteiger partial charge in [-0.15, -0.1) is 0 Å². The van der Waals surface area contributed by atoms with Gasteiger partial charge >= 0.3 is 0 Å². The van der Waals surface area contributed by atoms with Crippen molar-refractivity contribution in [1.82, 2.24) is 4.90 Å². The molecule has 4 nitrogen and oxygen atoms in total. The molecule has 120 valence electrons. The van der Waals surface area contributed by atoms with Gasteiger partial charge < -0.3 is 14.7 Å². The minimum atomic E-state index is -0.444. The molecule has 1 unspecified atom stereocenters. The van der Waals surface area contributed by atoms with E-state index < -0.39 is 6.10 Å². The van der Waals surface area contributed by atoms with E-state index in [1.807, 2.05) is 19.1 Å². The highest BCUT2D eigenvalue weighted by atomic mass is 16.5. The van der Waals surface area contributed by atoms with Gasteiger partial charge in [0.05, 0.1) is 30.6 Å². The van der Waals surface area contributed by atoms with Crippen molar-refractivity contribution in [3.63, 3.8) is 0 Å². The monoisotopic (exact) mass is 302 g/mol. The number of aliphatic hydroxyl groups excluding tert-OH is 1. The van der Waals surface area contributed by atoms with Crippen molar-refractivity contribution in [1.29, 1.82) is 5.26 Å². The Morgan fingerprint density at radius 1 is 1.32 bits per heavy atom. The van der Waals surface area contributed by atoms with Crippen LogP contribution in [0.4, 0.5) is 0 Å². The van der Waals surface area contributed by atoms with Crippen LogP contribution in [-0.4, -0.2) is 36.2 Å². The quantitative estimate of drug-likeness (QED) is 0.848. The molecule has 4 heteroatoms. The summed E-state index contributed by atoms with van der Waals surface area (Å²) in [5.41, 5.74) is 1.54. The minimum absolute atomic E-state index is 0.444. The predicted octanol–water partition coefficient (Wildman–Crippen LogP) is 3.24. The lowest BCUT2D eigenvalue weighted by atomic mass is 10.1. The van der Waals surface area contributed by atoms with Gasteiger partial charge in [0.25, 0.3) is 0 Å². The summed E-state index contributed by atoms with van der Waals surface area (Å²) >= 11 is 0. The minimum Gasteiger partial charge on any atom is -0.502 e. The van der Waals surface area contributed by atoms with Crippen molar-refractivity contribution in [2.75, 3.05) is 26.2 Å². The molecule has 0 amide bonds. The molecule has 0 aromatic heterocycles. The first-order valence-electron chi connectivity index (χ1n) is 7.84. The summed E-state index contributed by atoms with van der Waals surface area (Å²) < 4.78 is 4.60. The van der Waals surface area contributed by atoms with Gasteiger partial charge in [0.1, 0.15) is 0 Å². The van der Waals surface area contributed by atoms with Gasteiger partial charge in [-0.2, -0.15) is 5.26 Å². The van der Waals surface area contributed by atoms with Crippen LogP contribution < -0.4 is 0 Å². The molecule has 1 saturated heterocycles. The van der Waals surface area contributed by atoms with Gasteiger partial charge in [-0.1, -0.05) is 25.1 Å². The van der Waals surface area contributed by atoms with Gasteiger partial charge in [-0.05, 0) is 50.6 Å². The lowest BCUT2D eigenvalue weighted by molar-refractivity contribution is 0.101.